The maximum Gasteiger partial charge on any atom is 0.377 e. The van der Waals surface area contributed by atoms with E-state index in [1.54, 1.807) is 0 Å². The Labute approximate surface area is 97.6 Å². The van der Waals surface area contributed by atoms with Crippen molar-refractivity contribution in [1.29, 1.82) is 5.26 Å². The summed E-state index contributed by atoms with van der Waals surface area (Å²) >= 11 is 5.01. The molecule has 88 valence electrons. The lowest BCUT2D eigenvalue weighted by molar-refractivity contribution is -0.389. The average molecular weight is 262 g/mol. The Bertz CT molecular complexity index is 542. The molecule has 0 unspecified atom stereocenters. The number of carbonyl (C=O) groups excluding carboxylic acids is 1. The van der Waals surface area contributed by atoms with Crippen LogP contribution in [0.25, 0.3) is 0 Å². The maximum absolute atomic E-state index is 12.5. The molecule has 1 aromatic heterocycles. The summed E-state index contributed by atoms with van der Waals surface area (Å²) in [6.07, 6.45) is -3.09. The van der Waals surface area contributed by atoms with Crippen molar-refractivity contribution in [2.24, 2.45) is 0 Å². The minimum Gasteiger partial charge on any atom is -0.358 e. The second-order valence-electron chi connectivity index (χ2n) is 2.74. The molecule has 0 atom stereocenters. The van der Waals surface area contributed by atoms with Crippen LogP contribution < -0.4 is 0 Å². The van der Waals surface area contributed by atoms with Crippen molar-refractivity contribution in [3.63, 3.8) is 0 Å². The summed E-state index contributed by atoms with van der Waals surface area (Å²) in [5, 5.41) is 17.7. The molecule has 0 saturated heterocycles. The Morgan fingerprint density at radius 1 is 1.65 bits per heavy atom. The van der Waals surface area contributed by atoms with Crippen LogP contribution >= 0.6 is 11.6 Å². The molecule has 1 aromatic rings. The first-order valence-electron chi connectivity index (χ1n) is 3.96. The van der Waals surface area contributed by atoms with Crippen LogP contribution in [0.4, 0.5) is 14.6 Å². The van der Waals surface area contributed by atoms with E-state index in [1.165, 1.54) is 6.07 Å². The topological polar surface area (TPSA) is 96.9 Å². The first kappa shape index (κ1) is 12.9. The Morgan fingerprint density at radius 2 is 2.24 bits per heavy atom. The molecule has 0 bridgehead atoms. The number of nitrogens with zero attached hydrogens (tertiary/aromatic N) is 3. The smallest absolute Gasteiger partial charge is 0.358 e. The van der Waals surface area contributed by atoms with Crippen LogP contribution in [0.15, 0.2) is 6.07 Å². The Morgan fingerprint density at radius 3 is 2.59 bits per heavy atom. The lowest BCUT2D eigenvalue weighted by atomic mass is 10.1. The van der Waals surface area contributed by atoms with Gasteiger partial charge in [0.15, 0.2) is 0 Å². The number of alkyl halides is 2. The Balaban J connectivity index is 3.61. The summed E-state index contributed by atoms with van der Waals surface area (Å²) < 4.78 is 25.0. The van der Waals surface area contributed by atoms with Crippen molar-refractivity contribution in [2.75, 3.05) is 0 Å². The van der Waals surface area contributed by atoms with E-state index in [9.17, 15) is 23.7 Å². The molecule has 0 fully saturated rings. The normalized spacial score (nSPS) is 10.1. The van der Waals surface area contributed by atoms with Gasteiger partial charge in [0.1, 0.15) is 11.6 Å². The molecular formula is C8H2ClF2N3O3. The third kappa shape index (κ3) is 2.51. The summed E-state index contributed by atoms with van der Waals surface area (Å²) in [5.74, 6) is -1.02. The summed E-state index contributed by atoms with van der Waals surface area (Å²) in [6.45, 7) is 0. The lowest BCUT2D eigenvalue weighted by Gasteiger charge is -2.02. The number of hydrogen-bond donors (Lipinski definition) is 0. The van der Waals surface area contributed by atoms with E-state index >= 15 is 0 Å². The lowest BCUT2D eigenvalue weighted by Crippen LogP contribution is -2.06. The van der Waals surface area contributed by atoms with E-state index in [2.05, 4.69) is 4.98 Å². The standard InChI is InChI=1S/C8H2ClF2N3O3/c9-6(15)4-1-3(7(10)11)5(2-12)13-8(4)14(16)17/h1,7H. The minimum atomic E-state index is -3.09. The summed E-state index contributed by atoms with van der Waals surface area (Å²) in [4.78, 5) is 23.4. The highest BCUT2D eigenvalue weighted by Gasteiger charge is 2.28. The number of carbonyl (C=O) groups is 1. The van der Waals surface area contributed by atoms with Gasteiger partial charge >= 0.3 is 5.82 Å². The SMILES string of the molecule is N#Cc1nc([N+](=O)[O-])c(C(=O)Cl)cc1C(F)F. The van der Waals surface area contributed by atoms with Gasteiger partial charge in [-0.3, -0.25) is 4.79 Å². The van der Waals surface area contributed by atoms with E-state index in [4.69, 9.17) is 16.9 Å². The van der Waals surface area contributed by atoms with Crippen molar-refractivity contribution in [1.82, 2.24) is 4.98 Å². The van der Waals surface area contributed by atoms with E-state index in [0.717, 1.165) is 0 Å². The van der Waals surface area contributed by atoms with Gasteiger partial charge in [-0.15, -0.1) is 0 Å². The highest BCUT2D eigenvalue weighted by molar-refractivity contribution is 6.68. The van der Waals surface area contributed by atoms with Crippen molar-refractivity contribution < 1.29 is 18.5 Å². The van der Waals surface area contributed by atoms with Gasteiger partial charge in [0.2, 0.25) is 0 Å². The van der Waals surface area contributed by atoms with Gasteiger partial charge in [-0.25, -0.2) is 8.78 Å². The molecule has 1 heterocycles. The molecular weight excluding hydrogens is 260 g/mol. The van der Waals surface area contributed by atoms with Gasteiger partial charge in [-0.1, -0.05) is 0 Å². The monoisotopic (exact) mass is 261 g/mol. The second-order valence-corrected chi connectivity index (χ2v) is 3.08. The van der Waals surface area contributed by atoms with Crippen molar-refractivity contribution in [3.05, 3.63) is 33.0 Å². The van der Waals surface area contributed by atoms with E-state index < -0.39 is 39.2 Å². The third-order valence-electron chi connectivity index (χ3n) is 1.76. The third-order valence-corrected chi connectivity index (χ3v) is 1.96. The fourth-order valence-electron chi connectivity index (χ4n) is 1.06. The Hall–Kier alpha value is -2.14. The molecule has 0 aliphatic carbocycles. The molecule has 6 nitrogen and oxygen atoms in total. The Kier molecular flexibility index (Phi) is 3.65. The van der Waals surface area contributed by atoms with Crippen LogP contribution in [0.2, 0.25) is 0 Å². The fraction of sp³-hybridized carbons (Fsp3) is 0.125. The zero-order valence-corrected chi connectivity index (χ0v) is 8.61. The highest BCUT2D eigenvalue weighted by atomic mass is 35.5. The van der Waals surface area contributed by atoms with Crippen LogP contribution in [0.1, 0.15) is 28.0 Å². The average Bonchev–Trinajstić information content (AvgIpc) is 2.26. The fourth-order valence-corrected chi connectivity index (χ4v) is 1.20. The first-order valence-corrected chi connectivity index (χ1v) is 4.33. The van der Waals surface area contributed by atoms with Gasteiger partial charge in [0.05, 0.1) is 5.56 Å². The molecule has 0 aromatic carbocycles. The van der Waals surface area contributed by atoms with E-state index in [-0.39, 0.29) is 0 Å². The number of hydrogen-bond acceptors (Lipinski definition) is 5. The molecule has 17 heavy (non-hydrogen) atoms. The van der Waals surface area contributed by atoms with Crippen LogP contribution in [-0.4, -0.2) is 15.1 Å². The molecule has 0 spiro atoms. The molecule has 1 rings (SSSR count). The van der Waals surface area contributed by atoms with Crippen molar-refractivity contribution in [2.45, 2.75) is 6.43 Å². The zero-order valence-electron chi connectivity index (χ0n) is 7.85. The first-order chi connectivity index (χ1) is 7.88. The summed E-state index contributed by atoms with van der Waals surface area (Å²) in [6, 6.07) is 1.79. The number of nitro groups is 1. The van der Waals surface area contributed by atoms with Crippen LogP contribution in [0.5, 0.6) is 0 Å². The van der Waals surface area contributed by atoms with E-state index in [1.807, 2.05) is 0 Å². The van der Waals surface area contributed by atoms with Gasteiger partial charge in [-0.05, 0) is 27.6 Å². The number of nitriles is 1. The zero-order chi connectivity index (χ0) is 13.2. The van der Waals surface area contributed by atoms with Gasteiger partial charge in [0.25, 0.3) is 17.4 Å². The molecule has 0 amide bonds. The number of pyridine rings is 1. The molecule has 0 aliphatic rings. The van der Waals surface area contributed by atoms with Gasteiger partial charge < -0.3 is 10.1 Å². The van der Waals surface area contributed by atoms with Gasteiger partial charge in [0, 0.05) is 0 Å². The summed E-state index contributed by atoms with van der Waals surface area (Å²) in [5.41, 5.74) is -2.46. The number of rotatable bonds is 3. The molecule has 0 radical (unpaired) electrons. The predicted octanol–water partition coefficient (Wildman–Crippen LogP) is 2.18. The quantitative estimate of drug-likeness (QED) is 0.472. The summed E-state index contributed by atoms with van der Waals surface area (Å²) in [7, 11) is 0. The molecule has 0 saturated carbocycles. The second kappa shape index (κ2) is 4.80. The van der Waals surface area contributed by atoms with Gasteiger partial charge in [-0.2, -0.15) is 5.26 Å². The number of aromatic nitrogens is 1. The maximum atomic E-state index is 12.5. The number of halogens is 3. The predicted molar refractivity (Wildman–Crippen MR) is 50.7 cm³/mol. The molecule has 0 N–H and O–H groups in total. The highest BCUT2D eigenvalue weighted by Crippen LogP contribution is 2.27. The van der Waals surface area contributed by atoms with Crippen LogP contribution in [0, 0.1) is 21.4 Å². The minimum absolute atomic E-state index is 0.504. The molecule has 9 heteroatoms. The molecule has 0 aliphatic heterocycles. The van der Waals surface area contributed by atoms with E-state index in [0.29, 0.717) is 6.07 Å². The van der Waals surface area contributed by atoms with Crippen molar-refractivity contribution in [3.8, 4) is 6.07 Å². The van der Waals surface area contributed by atoms with Crippen molar-refractivity contribution >= 4 is 22.7 Å². The largest absolute Gasteiger partial charge is 0.377 e. The van der Waals surface area contributed by atoms with Crippen LogP contribution in [0.3, 0.4) is 0 Å². The van der Waals surface area contributed by atoms with Crippen LogP contribution in [-0.2, 0) is 0 Å².